The number of hydrogen-bond donors (Lipinski definition) is 0. The summed E-state index contributed by atoms with van der Waals surface area (Å²) in [5.41, 5.74) is 0. The van der Waals surface area contributed by atoms with Crippen LogP contribution in [-0.4, -0.2) is 0 Å². The summed E-state index contributed by atoms with van der Waals surface area (Å²) < 4.78 is 0. The summed E-state index contributed by atoms with van der Waals surface area (Å²) in [7, 11) is 9.87. The molecule has 0 saturated heterocycles. The fourth-order valence-electron chi connectivity index (χ4n) is 3.44. The van der Waals surface area contributed by atoms with Crippen molar-refractivity contribution in [3.8, 4) is 0 Å². The molecule has 4 rings (SSSR count). The Balaban J connectivity index is 0.000000526. The molecule has 0 aromatic heterocycles. The summed E-state index contributed by atoms with van der Waals surface area (Å²) in [4.78, 5) is 0. The average Bonchev–Trinajstić information content (AvgIpc) is 3.20. The van der Waals surface area contributed by atoms with Crippen molar-refractivity contribution in [3.05, 3.63) is 110 Å². The first-order chi connectivity index (χ1) is 11.7. The molecule has 4 aliphatic carbocycles. The topological polar surface area (TPSA) is 0 Å². The van der Waals surface area contributed by atoms with Crippen LogP contribution >= 0.6 is 17.0 Å². The molecule has 0 N–H and O–H groups in total. The fraction of sp³-hybridized carbons (Fsp3) is 0.143. The van der Waals surface area contributed by atoms with Crippen LogP contribution < -0.4 is 0 Å². The van der Waals surface area contributed by atoms with Crippen LogP contribution in [0, 0.1) is 67.1 Å². The summed E-state index contributed by atoms with van der Waals surface area (Å²) in [6, 6.07) is 0. The zero-order chi connectivity index (χ0) is 16.9. The van der Waals surface area contributed by atoms with Crippen LogP contribution in [0.5, 0.6) is 0 Å². The molecule has 0 heterocycles. The van der Waals surface area contributed by atoms with E-state index in [1.807, 2.05) is 0 Å². The van der Waals surface area contributed by atoms with E-state index in [0.717, 1.165) is 6.42 Å². The molecule has 0 spiro atoms. The predicted molar refractivity (Wildman–Crippen MR) is 98.7 cm³/mol. The van der Waals surface area contributed by atoms with E-state index < -0.39 is 20.8 Å². The average molecular weight is 433 g/mol. The van der Waals surface area contributed by atoms with E-state index in [9.17, 15) is 0 Å². The van der Waals surface area contributed by atoms with Crippen LogP contribution in [0.4, 0.5) is 0 Å². The standard InChI is InChI=1S/C21H18.2ClH.Zr/c1-15(19-13-12-17-7-3-5-9-21(17)19)14-18-11-10-16-6-2-4-8-20(16)18;;;/h2-13,15H,14H2,1H3;2*1H;/q;;;+4/p-2. The molecule has 0 bridgehead atoms. The molecule has 0 aliphatic heterocycles. The molecule has 2 saturated carbocycles. The van der Waals surface area contributed by atoms with Crippen molar-refractivity contribution < 1.29 is 20.8 Å². The van der Waals surface area contributed by atoms with Crippen molar-refractivity contribution in [2.45, 2.75) is 13.3 Å². The molecule has 0 amide bonds. The van der Waals surface area contributed by atoms with Gasteiger partial charge in [0.25, 0.3) is 0 Å². The summed E-state index contributed by atoms with van der Waals surface area (Å²) in [6.07, 6.45) is 27.5. The van der Waals surface area contributed by atoms with E-state index in [1.54, 1.807) is 0 Å². The van der Waals surface area contributed by atoms with Crippen molar-refractivity contribution in [2.24, 2.45) is 5.92 Å². The summed E-state index contributed by atoms with van der Waals surface area (Å²) >= 11 is -0.826. The quantitative estimate of drug-likeness (QED) is 0.518. The second-order valence-corrected chi connectivity index (χ2v) is 9.73. The Morgan fingerprint density at radius 3 is 2.04 bits per heavy atom. The first-order valence-electron chi connectivity index (χ1n) is 7.98. The number of rotatable bonds is 3. The molecule has 0 nitrogen and oxygen atoms in total. The van der Waals surface area contributed by atoms with E-state index in [4.69, 9.17) is 17.0 Å². The van der Waals surface area contributed by atoms with Crippen molar-refractivity contribution >= 4 is 17.0 Å². The summed E-state index contributed by atoms with van der Waals surface area (Å²) in [5.74, 6) is 8.98. The Morgan fingerprint density at radius 2 is 1.33 bits per heavy atom. The monoisotopic (exact) mass is 430 g/mol. The molecule has 3 heteroatoms. The van der Waals surface area contributed by atoms with Crippen LogP contribution in [0.3, 0.4) is 0 Å². The second kappa shape index (κ2) is 9.39. The minimum atomic E-state index is -0.826. The zero-order valence-electron chi connectivity index (χ0n) is 13.5. The molecule has 2 fully saturated rings. The van der Waals surface area contributed by atoms with Crippen molar-refractivity contribution in [2.75, 3.05) is 0 Å². The van der Waals surface area contributed by atoms with Crippen molar-refractivity contribution in [1.29, 1.82) is 0 Å². The molecule has 118 valence electrons. The summed E-state index contributed by atoms with van der Waals surface area (Å²) in [5, 5.41) is 0. The molecule has 0 aromatic rings. The molecule has 1 unspecified atom stereocenters. The fourth-order valence-corrected chi connectivity index (χ4v) is 3.44. The van der Waals surface area contributed by atoms with Crippen molar-refractivity contribution in [3.63, 3.8) is 0 Å². The third-order valence-corrected chi connectivity index (χ3v) is 4.54. The van der Waals surface area contributed by atoms with Gasteiger partial charge >= 0.3 is 37.9 Å². The first kappa shape index (κ1) is 19.2. The molecule has 0 aromatic carbocycles. The van der Waals surface area contributed by atoms with Crippen molar-refractivity contribution in [1.82, 2.24) is 0 Å². The molecule has 24 heavy (non-hydrogen) atoms. The second-order valence-electron chi connectivity index (χ2n) is 6.00. The van der Waals surface area contributed by atoms with Crippen LogP contribution in [0.2, 0.25) is 0 Å². The Morgan fingerprint density at radius 1 is 0.792 bits per heavy atom. The first-order valence-corrected chi connectivity index (χ1v) is 14.3. The molecule has 10 radical (unpaired) electrons. The van der Waals surface area contributed by atoms with Gasteiger partial charge in [-0.1, -0.05) is 55.5 Å². The Bertz CT molecular complexity index is 522. The van der Waals surface area contributed by atoms with Crippen LogP contribution in [0.15, 0.2) is 48.6 Å². The number of hydrogen-bond acceptors (Lipinski definition) is 0. The van der Waals surface area contributed by atoms with Gasteiger partial charge in [0.15, 0.2) is 0 Å². The van der Waals surface area contributed by atoms with Gasteiger partial charge in [-0.15, -0.1) is 0 Å². The normalized spacial score (nSPS) is 26.1. The van der Waals surface area contributed by atoms with Gasteiger partial charge in [0.2, 0.25) is 0 Å². The Labute approximate surface area is 166 Å². The zero-order valence-corrected chi connectivity index (χ0v) is 17.4. The number of allylic oxidation sites excluding steroid dienone is 8. The molecule has 4 aliphatic rings. The van der Waals surface area contributed by atoms with Crippen LogP contribution in [-0.2, 0) is 20.8 Å². The van der Waals surface area contributed by atoms with Gasteiger partial charge in [-0.3, -0.25) is 0 Å². The minimum absolute atomic E-state index is 0.538. The van der Waals surface area contributed by atoms with E-state index >= 15 is 0 Å². The van der Waals surface area contributed by atoms with Gasteiger partial charge < -0.3 is 0 Å². The van der Waals surface area contributed by atoms with Gasteiger partial charge in [-0.05, 0) is 49.9 Å². The third-order valence-electron chi connectivity index (χ3n) is 4.54. The van der Waals surface area contributed by atoms with E-state index in [0.29, 0.717) is 5.92 Å². The van der Waals surface area contributed by atoms with Gasteiger partial charge in [0, 0.05) is 23.7 Å². The maximum atomic E-state index is 4.93. The maximum absolute atomic E-state index is 4.93. The van der Waals surface area contributed by atoms with Gasteiger partial charge in [-0.25, -0.2) is 0 Å². The third kappa shape index (κ3) is 4.39. The summed E-state index contributed by atoms with van der Waals surface area (Å²) in [6.45, 7) is 2.34. The van der Waals surface area contributed by atoms with E-state index in [1.165, 1.54) is 35.5 Å². The molecular formula is C21H18Cl2Zr+2. The van der Waals surface area contributed by atoms with Gasteiger partial charge in [0.05, 0.1) is 0 Å². The van der Waals surface area contributed by atoms with Gasteiger partial charge in [0.1, 0.15) is 0 Å². The van der Waals surface area contributed by atoms with Crippen LogP contribution in [0.25, 0.3) is 0 Å². The molecule has 1 atom stereocenters. The van der Waals surface area contributed by atoms with Gasteiger partial charge in [-0.2, -0.15) is 0 Å². The predicted octanol–water partition coefficient (Wildman–Crippen LogP) is 5.93. The number of halogens is 2. The number of fused-ring (bicyclic) bond motifs is 2. The van der Waals surface area contributed by atoms with E-state index in [2.05, 4.69) is 81.2 Å². The Hall–Kier alpha value is 0.423. The SMILES string of the molecule is CC(C[C]1[CH][CH][C]2C=CC=C[C]21)[C]1[CH][CH][C]2C=CC=C[C]21.[Cl][Zr+2][Cl]. The van der Waals surface area contributed by atoms with E-state index in [-0.39, 0.29) is 0 Å². The Kier molecular flexibility index (Phi) is 7.51. The molecular weight excluding hydrogens is 414 g/mol. The van der Waals surface area contributed by atoms with Crippen LogP contribution in [0.1, 0.15) is 13.3 Å².